The van der Waals surface area contributed by atoms with Gasteiger partial charge in [-0.1, -0.05) is 18.2 Å². The average molecular weight is 221 g/mol. The van der Waals surface area contributed by atoms with Gasteiger partial charge in [0.05, 0.1) is 18.1 Å². The van der Waals surface area contributed by atoms with Crippen LogP contribution in [0.5, 0.6) is 0 Å². The normalized spacial score (nSPS) is 11.8. The van der Waals surface area contributed by atoms with Gasteiger partial charge in [-0.3, -0.25) is 4.79 Å². The number of carboxylic acids is 1. The van der Waals surface area contributed by atoms with Crippen LogP contribution in [0.1, 0.15) is 16.8 Å². The van der Waals surface area contributed by atoms with Gasteiger partial charge in [-0.15, -0.1) is 0 Å². The molecule has 16 heavy (non-hydrogen) atoms. The van der Waals surface area contributed by atoms with Gasteiger partial charge < -0.3 is 9.84 Å². The molecule has 4 heteroatoms. The molecule has 0 heterocycles. The number of aliphatic carboxylic acids is 1. The summed E-state index contributed by atoms with van der Waals surface area (Å²) >= 11 is 0. The Hall–Kier alpha value is -1.84. The minimum absolute atomic E-state index is 0.0637. The van der Waals surface area contributed by atoms with Crippen LogP contribution in [0.2, 0.25) is 0 Å². The minimum Gasteiger partial charge on any atom is -0.481 e. The van der Waals surface area contributed by atoms with Crippen molar-refractivity contribution < 1.29 is 19.4 Å². The fraction of sp³-hybridized carbons (Fsp3) is 0.250. The monoisotopic (exact) mass is 221 g/mol. The largest absolute Gasteiger partial charge is 0.481 e. The Kier molecular flexibility index (Phi) is 4.51. The van der Waals surface area contributed by atoms with Crippen molar-refractivity contribution in [3.05, 3.63) is 42.8 Å². The number of esters is 1. The van der Waals surface area contributed by atoms with Crippen LogP contribution < -0.4 is 0 Å². The maximum absolute atomic E-state index is 11.4. The second-order valence-electron chi connectivity index (χ2n) is 3.33. The summed E-state index contributed by atoms with van der Waals surface area (Å²) in [6.07, 6.45) is 0.216. The number of rotatable bonds is 5. The third-order valence-corrected chi connectivity index (χ3v) is 2.06. The quantitative estimate of drug-likeness (QED) is 0.769. The van der Waals surface area contributed by atoms with Gasteiger partial charge in [0.1, 0.15) is 0 Å². The third-order valence-electron chi connectivity index (χ3n) is 2.06. The zero-order chi connectivity index (χ0) is 12.0. The molecule has 1 radical (unpaired) electrons. The predicted octanol–water partition coefficient (Wildman–Crippen LogP) is 1.77. The molecule has 1 aromatic carbocycles. The highest BCUT2D eigenvalue weighted by Crippen LogP contribution is 2.05. The maximum Gasteiger partial charge on any atom is 0.338 e. The highest BCUT2D eigenvalue weighted by atomic mass is 16.5. The van der Waals surface area contributed by atoms with Gasteiger partial charge in [-0.2, -0.15) is 0 Å². The van der Waals surface area contributed by atoms with Gasteiger partial charge in [0.25, 0.3) is 0 Å². The molecule has 0 fully saturated rings. The number of benzene rings is 1. The van der Waals surface area contributed by atoms with Gasteiger partial charge >= 0.3 is 11.9 Å². The number of carboxylic acid groups (broad SMARTS) is 1. The van der Waals surface area contributed by atoms with Crippen molar-refractivity contribution in [2.24, 2.45) is 5.92 Å². The second-order valence-corrected chi connectivity index (χ2v) is 3.33. The first kappa shape index (κ1) is 12.2. The highest BCUT2D eigenvalue weighted by Gasteiger charge is 2.12. The SMILES string of the molecule is [CH2]C(CCOC(=O)c1ccccc1)C(=O)O. The Balaban J connectivity index is 2.34. The summed E-state index contributed by atoms with van der Waals surface area (Å²) in [5.74, 6) is -2.18. The summed E-state index contributed by atoms with van der Waals surface area (Å²) in [6, 6.07) is 8.55. The minimum atomic E-state index is -0.990. The van der Waals surface area contributed by atoms with Crippen LogP contribution in [0.3, 0.4) is 0 Å². The smallest absolute Gasteiger partial charge is 0.338 e. The Bertz CT molecular complexity index is 359. The number of ether oxygens (including phenoxy) is 1. The summed E-state index contributed by atoms with van der Waals surface area (Å²) in [4.78, 5) is 21.8. The number of hydrogen-bond donors (Lipinski definition) is 1. The van der Waals surface area contributed by atoms with E-state index in [0.29, 0.717) is 5.56 Å². The Morgan fingerprint density at radius 1 is 1.31 bits per heavy atom. The molecule has 0 aliphatic heterocycles. The highest BCUT2D eigenvalue weighted by molar-refractivity contribution is 5.89. The average Bonchev–Trinajstić information content (AvgIpc) is 2.29. The van der Waals surface area contributed by atoms with Crippen LogP contribution in [0.25, 0.3) is 0 Å². The Labute approximate surface area is 93.9 Å². The van der Waals surface area contributed by atoms with Crippen molar-refractivity contribution in [2.45, 2.75) is 6.42 Å². The molecule has 0 aromatic heterocycles. The molecular formula is C12H13O4. The number of carbonyl (C=O) groups is 2. The molecule has 1 aromatic rings. The summed E-state index contributed by atoms with van der Waals surface area (Å²) in [5, 5.41) is 8.56. The molecule has 0 saturated heterocycles. The first-order chi connectivity index (χ1) is 7.61. The first-order valence-electron chi connectivity index (χ1n) is 4.89. The Morgan fingerprint density at radius 2 is 1.94 bits per heavy atom. The van der Waals surface area contributed by atoms with E-state index >= 15 is 0 Å². The fourth-order valence-electron chi connectivity index (χ4n) is 1.07. The lowest BCUT2D eigenvalue weighted by molar-refractivity contribution is -0.140. The van der Waals surface area contributed by atoms with Crippen molar-refractivity contribution >= 4 is 11.9 Å². The summed E-state index contributed by atoms with van der Waals surface area (Å²) in [7, 11) is 0. The van der Waals surface area contributed by atoms with Gasteiger partial charge in [-0.25, -0.2) is 4.79 Å². The van der Waals surface area contributed by atoms with E-state index in [1.165, 1.54) is 0 Å². The molecule has 0 saturated carbocycles. The molecule has 85 valence electrons. The van der Waals surface area contributed by atoms with E-state index in [9.17, 15) is 9.59 Å². The molecule has 4 nitrogen and oxygen atoms in total. The van der Waals surface area contributed by atoms with Crippen molar-refractivity contribution in [1.29, 1.82) is 0 Å². The third kappa shape index (κ3) is 3.73. The van der Waals surface area contributed by atoms with Gasteiger partial charge in [0.15, 0.2) is 0 Å². The lowest BCUT2D eigenvalue weighted by atomic mass is 10.1. The number of carbonyl (C=O) groups excluding carboxylic acids is 1. The van der Waals surface area contributed by atoms with Gasteiger partial charge in [0.2, 0.25) is 0 Å². The Morgan fingerprint density at radius 3 is 2.50 bits per heavy atom. The van der Waals surface area contributed by atoms with Gasteiger partial charge in [-0.05, 0) is 25.5 Å². The molecule has 1 N–H and O–H groups in total. The maximum atomic E-state index is 11.4. The lowest BCUT2D eigenvalue weighted by Crippen LogP contribution is -2.14. The van der Waals surface area contributed by atoms with Crippen molar-refractivity contribution in [1.82, 2.24) is 0 Å². The molecule has 0 aliphatic rings. The molecule has 0 bridgehead atoms. The molecule has 0 amide bonds. The van der Waals surface area contributed by atoms with Crippen LogP contribution in [-0.2, 0) is 9.53 Å². The van der Waals surface area contributed by atoms with E-state index in [-0.39, 0.29) is 13.0 Å². The van der Waals surface area contributed by atoms with Crippen LogP contribution in [0.15, 0.2) is 30.3 Å². The molecular weight excluding hydrogens is 208 g/mol. The van der Waals surface area contributed by atoms with Crippen LogP contribution in [0, 0.1) is 12.8 Å². The van der Waals surface area contributed by atoms with Crippen LogP contribution >= 0.6 is 0 Å². The molecule has 1 rings (SSSR count). The van der Waals surface area contributed by atoms with Crippen molar-refractivity contribution in [3.8, 4) is 0 Å². The van der Waals surface area contributed by atoms with E-state index in [1.807, 2.05) is 0 Å². The van der Waals surface area contributed by atoms with E-state index in [2.05, 4.69) is 6.92 Å². The van der Waals surface area contributed by atoms with E-state index in [1.54, 1.807) is 30.3 Å². The lowest BCUT2D eigenvalue weighted by Gasteiger charge is -2.07. The summed E-state index contributed by atoms with van der Waals surface area (Å²) < 4.78 is 4.91. The van der Waals surface area contributed by atoms with Crippen molar-refractivity contribution in [2.75, 3.05) is 6.61 Å². The van der Waals surface area contributed by atoms with Crippen LogP contribution in [0.4, 0.5) is 0 Å². The van der Waals surface area contributed by atoms with Gasteiger partial charge in [0, 0.05) is 0 Å². The molecule has 1 unspecified atom stereocenters. The number of hydrogen-bond acceptors (Lipinski definition) is 3. The fourth-order valence-corrected chi connectivity index (χ4v) is 1.07. The molecule has 0 spiro atoms. The van der Waals surface area contributed by atoms with E-state index in [4.69, 9.17) is 9.84 Å². The first-order valence-corrected chi connectivity index (χ1v) is 4.89. The summed E-state index contributed by atoms with van der Waals surface area (Å²) in [6.45, 7) is 3.48. The second kappa shape index (κ2) is 5.90. The topological polar surface area (TPSA) is 63.6 Å². The van der Waals surface area contributed by atoms with E-state index < -0.39 is 17.9 Å². The predicted molar refractivity (Wildman–Crippen MR) is 57.8 cm³/mol. The van der Waals surface area contributed by atoms with Crippen molar-refractivity contribution in [3.63, 3.8) is 0 Å². The molecule has 1 atom stereocenters. The van der Waals surface area contributed by atoms with E-state index in [0.717, 1.165) is 0 Å². The summed E-state index contributed by atoms with van der Waals surface area (Å²) in [5.41, 5.74) is 0.457. The zero-order valence-electron chi connectivity index (χ0n) is 8.76. The standard InChI is InChI=1S/C12H13O4/c1-9(11(13)14)7-8-16-12(15)10-5-3-2-4-6-10/h2-6,9H,1,7-8H2,(H,13,14). The van der Waals surface area contributed by atoms with Crippen LogP contribution in [-0.4, -0.2) is 23.7 Å². The zero-order valence-corrected chi connectivity index (χ0v) is 8.76. The molecule has 0 aliphatic carbocycles.